The molecule has 0 heterocycles. The SMILES string of the molecule is CSCCN(C)C(=O)c1ccccc1C#CCN. The molecule has 3 nitrogen and oxygen atoms in total. The van der Waals surface area contributed by atoms with Crippen molar-refractivity contribution in [2.24, 2.45) is 5.73 Å². The highest BCUT2D eigenvalue weighted by atomic mass is 32.2. The first-order chi connectivity index (χ1) is 8.70. The van der Waals surface area contributed by atoms with Crippen molar-refractivity contribution in [3.63, 3.8) is 0 Å². The summed E-state index contributed by atoms with van der Waals surface area (Å²) >= 11 is 1.72. The average Bonchev–Trinajstić information content (AvgIpc) is 2.42. The lowest BCUT2D eigenvalue weighted by Crippen LogP contribution is -2.29. The molecule has 0 radical (unpaired) electrons. The van der Waals surface area contributed by atoms with Gasteiger partial charge in [-0.1, -0.05) is 24.0 Å². The van der Waals surface area contributed by atoms with Gasteiger partial charge in [-0.15, -0.1) is 0 Å². The number of nitrogens with zero attached hydrogens (tertiary/aromatic N) is 1. The molecule has 0 aromatic heterocycles. The maximum absolute atomic E-state index is 12.3. The van der Waals surface area contributed by atoms with Crippen molar-refractivity contribution in [3.8, 4) is 11.8 Å². The first-order valence-corrected chi connectivity index (χ1v) is 7.12. The van der Waals surface area contributed by atoms with Crippen molar-refractivity contribution in [1.29, 1.82) is 0 Å². The Kier molecular flexibility index (Phi) is 6.34. The molecule has 0 saturated carbocycles. The third-order valence-electron chi connectivity index (χ3n) is 2.46. The van der Waals surface area contributed by atoms with Gasteiger partial charge in [-0.3, -0.25) is 4.79 Å². The van der Waals surface area contributed by atoms with Gasteiger partial charge in [0.1, 0.15) is 0 Å². The molecule has 0 saturated heterocycles. The molecule has 1 rings (SSSR count). The molecule has 0 aliphatic carbocycles. The van der Waals surface area contributed by atoms with Gasteiger partial charge in [0.2, 0.25) is 0 Å². The number of thioether (sulfide) groups is 1. The van der Waals surface area contributed by atoms with Crippen molar-refractivity contribution in [2.45, 2.75) is 0 Å². The molecule has 1 aromatic rings. The molecule has 0 spiro atoms. The summed E-state index contributed by atoms with van der Waals surface area (Å²) in [5, 5.41) is 0. The van der Waals surface area contributed by atoms with Crippen LogP contribution in [0.25, 0.3) is 0 Å². The minimum absolute atomic E-state index is 0.00553. The Morgan fingerprint density at radius 1 is 1.44 bits per heavy atom. The van der Waals surface area contributed by atoms with Gasteiger partial charge in [0, 0.05) is 24.9 Å². The van der Waals surface area contributed by atoms with Crippen LogP contribution in [0.2, 0.25) is 0 Å². The Hall–Kier alpha value is -1.44. The molecular weight excluding hydrogens is 244 g/mol. The van der Waals surface area contributed by atoms with E-state index in [9.17, 15) is 4.79 Å². The first kappa shape index (κ1) is 14.6. The highest BCUT2D eigenvalue weighted by molar-refractivity contribution is 7.98. The molecule has 2 N–H and O–H groups in total. The summed E-state index contributed by atoms with van der Waals surface area (Å²) in [6, 6.07) is 7.37. The van der Waals surface area contributed by atoms with Crippen LogP contribution in [-0.4, -0.2) is 43.0 Å². The summed E-state index contributed by atoms with van der Waals surface area (Å²) in [6.45, 7) is 1.03. The lowest BCUT2D eigenvalue weighted by molar-refractivity contribution is 0.0803. The Labute approximate surface area is 113 Å². The van der Waals surface area contributed by atoms with Gasteiger partial charge in [0.05, 0.1) is 12.1 Å². The molecule has 0 atom stereocenters. The molecule has 4 heteroatoms. The Morgan fingerprint density at radius 3 is 2.83 bits per heavy atom. The predicted molar refractivity (Wildman–Crippen MR) is 77.7 cm³/mol. The van der Waals surface area contributed by atoms with E-state index >= 15 is 0 Å². The number of benzene rings is 1. The van der Waals surface area contributed by atoms with E-state index in [4.69, 9.17) is 5.73 Å². The molecule has 0 unspecified atom stereocenters. The maximum atomic E-state index is 12.3. The standard InChI is InChI=1S/C14H18N2OS/c1-16(10-11-18-2)14(17)13-8-4-3-6-12(13)7-5-9-15/h3-4,6,8H,9-11,15H2,1-2H3. The zero-order chi connectivity index (χ0) is 13.4. The first-order valence-electron chi connectivity index (χ1n) is 5.73. The number of carbonyl (C=O) groups excluding carboxylic acids is 1. The summed E-state index contributed by atoms with van der Waals surface area (Å²) in [5.41, 5.74) is 6.74. The maximum Gasteiger partial charge on any atom is 0.254 e. The van der Waals surface area contributed by atoms with Crippen LogP contribution in [0.3, 0.4) is 0 Å². The lowest BCUT2D eigenvalue weighted by Gasteiger charge is -2.17. The van der Waals surface area contributed by atoms with Crippen LogP contribution in [0.1, 0.15) is 15.9 Å². The van der Waals surface area contributed by atoms with Gasteiger partial charge in [0.15, 0.2) is 0 Å². The van der Waals surface area contributed by atoms with E-state index in [-0.39, 0.29) is 5.91 Å². The second-order valence-electron chi connectivity index (χ2n) is 3.77. The van der Waals surface area contributed by atoms with E-state index in [0.29, 0.717) is 12.1 Å². The Morgan fingerprint density at radius 2 is 2.17 bits per heavy atom. The molecule has 1 amide bonds. The third kappa shape index (κ3) is 4.10. The van der Waals surface area contributed by atoms with E-state index in [1.165, 1.54) is 0 Å². The summed E-state index contributed by atoms with van der Waals surface area (Å²) in [5.74, 6) is 6.66. The topological polar surface area (TPSA) is 46.3 Å². The fourth-order valence-corrected chi connectivity index (χ4v) is 1.92. The van der Waals surface area contributed by atoms with Gasteiger partial charge < -0.3 is 10.6 Å². The molecule has 1 aromatic carbocycles. The molecule has 96 valence electrons. The zero-order valence-electron chi connectivity index (χ0n) is 10.8. The molecule has 0 aliphatic rings. The number of hydrogen-bond donors (Lipinski definition) is 1. The van der Waals surface area contributed by atoms with Gasteiger partial charge in [-0.2, -0.15) is 11.8 Å². The highest BCUT2D eigenvalue weighted by Crippen LogP contribution is 2.10. The minimum Gasteiger partial charge on any atom is -0.341 e. The summed E-state index contributed by atoms with van der Waals surface area (Å²) in [4.78, 5) is 14.0. The Balaban J connectivity index is 2.91. The van der Waals surface area contributed by atoms with Crippen molar-refractivity contribution in [3.05, 3.63) is 35.4 Å². The number of rotatable bonds is 4. The van der Waals surface area contributed by atoms with Gasteiger partial charge in [0.25, 0.3) is 5.91 Å². The van der Waals surface area contributed by atoms with Crippen LogP contribution in [0.4, 0.5) is 0 Å². The van der Waals surface area contributed by atoms with E-state index in [2.05, 4.69) is 11.8 Å². The smallest absolute Gasteiger partial charge is 0.254 e. The second kappa shape index (κ2) is 7.80. The fraction of sp³-hybridized carbons (Fsp3) is 0.357. The number of carbonyl (C=O) groups is 1. The zero-order valence-corrected chi connectivity index (χ0v) is 11.6. The number of nitrogens with two attached hydrogens (primary N) is 1. The van der Waals surface area contributed by atoms with Gasteiger partial charge in [-0.05, 0) is 18.4 Å². The average molecular weight is 262 g/mol. The lowest BCUT2D eigenvalue weighted by atomic mass is 10.1. The van der Waals surface area contributed by atoms with Gasteiger partial charge in [-0.25, -0.2) is 0 Å². The largest absolute Gasteiger partial charge is 0.341 e. The van der Waals surface area contributed by atoms with E-state index in [0.717, 1.165) is 17.9 Å². The Bertz CT molecular complexity index is 462. The normalized spacial score (nSPS) is 9.50. The minimum atomic E-state index is 0.00553. The second-order valence-corrected chi connectivity index (χ2v) is 4.76. The summed E-state index contributed by atoms with van der Waals surface area (Å²) in [6.07, 6.45) is 2.03. The van der Waals surface area contributed by atoms with E-state index < -0.39 is 0 Å². The monoisotopic (exact) mass is 262 g/mol. The van der Waals surface area contributed by atoms with Crippen LogP contribution < -0.4 is 5.73 Å². The summed E-state index contributed by atoms with van der Waals surface area (Å²) in [7, 11) is 1.81. The van der Waals surface area contributed by atoms with Crippen LogP contribution in [-0.2, 0) is 0 Å². The molecule has 18 heavy (non-hydrogen) atoms. The van der Waals surface area contributed by atoms with Crippen LogP contribution in [0.15, 0.2) is 24.3 Å². The third-order valence-corrected chi connectivity index (χ3v) is 3.05. The molecule has 0 fully saturated rings. The quantitative estimate of drug-likeness (QED) is 0.835. The molecule has 0 aliphatic heterocycles. The molecular formula is C14H18N2OS. The van der Waals surface area contributed by atoms with Crippen molar-refractivity contribution < 1.29 is 4.79 Å². The van der Waals surface area contributed by atoms with Crippen molar-refractivity contribution in [1.82, 2.24) is 4.90 Å². The number of hydrogen-bond acceptors (Lipinski definition) is 3. The summed E-state index contributed by atoms with van der Waals surface area (Å²) < 4.78 is 0. The van der Waals surface area contributed by atoms with Crippen molar-refractivity contribution >= 4 is 17.7 Å². The number of amides is 1. The molecule has 0 bridgehead atoms. The fourth-order valence-electron chi connectivity index (χ4n) is 1.46. The van der Waals surface area contributed by atoms with E-state index in [1.54, 1.807) is 22.7 Å². The van der Waals surface area contributed by atoms with Crippen LogP contribution in [0, 0.1) is 11.8 Å². The van der Waals surface area contributed by atoms with Crippen LogP contribution >= 0.6 is 11.8 Å². The van der Waals surface area contributed by atoms with Crippen molar-refractivity contribution in [2.75, 3.05) is 32.1 Å². The van der Waals surface area contributed by atoms with Gasteiger partial charge >= 0.3 is 0 Å². The predicted octanol–water partition coefficient (Wildman–Crippen LogP) is 1.43. The van der Waals surface area contributed by atoms with Crippen LogP contribution in [0.5, 0.6) is 0 Å². The highest BCUT2D eigenvalue weighted by Gasteiger charge is 2.13. The van der Waals surface area contributed by atoms with E-state index in [1.807, 2.05) is 31.5 Å².